The second-order valence-electron chi connectivity index (χ2n) is 7.09. The quantitative estimate of drug-likeness (QED) is 0.627. The monoisotopic (exact) mass is 379 g/mol. The summed E-state index contributed by atoms with van der Waals surface area (Å²) in [5.41, 5.74) is -1.50. The maximum Gasteiger partial charge on any atom is 0.410 e. The van der Waals surface area contributed by atoms with Gasteiger partial charge in [-0.3, -0.25) is 14.9 Å². The van der Waals surface area contributed by atoms with Gasteiger partial charge < -0.3 is 19.6 Å². The summed E-state index contributed by atoms with van der Waals surface area (Å²) in [6.07, 6.45) is -0.474. The number of hydrogen-bond donors (Lipinski definition) is 1. The number of piperazine rings is 1. The Hall–Kier alpha value is -3.17. The number of aromatic carboxylic acids is 1. The molecule has 1 fully saturated rings. The summed E-state index contributed by atoms with van der Waals surface area (Å²) < 4.78 is 5.29. The lowest BCUT2D eigenvalue weighted by Crippen LogP contribution is -2.51. The van der Waals surface area contributed by atoms with Gasteiger partial charge in [-0.25, -0.2) is 9.59 Å². The van der Waals surface area contributed by atoms with E-state index in [0.717, 1.165) is 18.2 Å². The molecule has 2 amide bonds. The molecule has 0 saturated carbocycles. The number of nitro benzene ring substituents is 1. The molecule has 1 saturated heterocycles. The van der Waals surface area contributed by atoms with Crippen molar-refractivity contribution in [2.45, 2.75) is 26.4 Å². The van der Waals surface area contributed by atoms with Crippen LogP contribution in [-0.2, 0) is 4.74 Å². The summed E-state index contributed by atoms with van der Waals surface area (Å²) in [6, 6.07) is 3.06. The highest BCUT2D eigenvalue weighted by Gasteiger charge is 2.29. The summed E-state index contributed by atoms with van der Waals surface area (Å²) in [6.45, 7) is 6.20. The highest BCUT2D eigenvalue weighted by atomic mass is 16.6. The molecule has 2 rings (SSSR count). The van der Waals surface area contributed by atoms with Crippen LogP contribution in [-0.4, -0.2) is 69.6 Å². The SMILES string of the molecule is CC(C)(C)OC(=O)N1CCN(C(=O)c2cc(C(=O)O)cc([N+](=O)[O-])c2)CC1. The number of carbonyl (C=O) groups is 3. The molecule has 10 nitrogen and oxygen atoms in total. The average molecular weight is 379 g/mol. The largest absolute Gasteiger partial charge is 0.478 e. The highest BCUT2D eigenvalue weighted by Crippen LogP contribution is 2.20. The molecule has 0 unspecified atom stereocenters. The second kappa shape index (κ2) is 7.60. The van der Waals surface area contributed by atoms with Crippen LogP contribution in [0.5, 0.6) is 0 Å². The number of carbonyl (C=O) groups excluding carboxylic acids is 2. The predicted octanol–water partition coefficient (Wildman–Crippen LogP) is 1.99. The third-order valence-corrected chi connectivity index (χ3v) is 3.84. The summed E-state index contributed by atoms with van der Waals surface area (Å²) in [4.78, 5) is 49.0. The minimum absolute atomic E-state index is 0.0766. The first kappa shape index (κ1) is 20.1. The van der Waals surface area contributed by atoms with Crippen molar-refractivity contribution in [2.75, 3.05) is 26.2 Å². The first-order valence-corrected chi connectivity index (χ1v) is 8.28. The normalized spacial score (nSPS) is 14.6. The van der Waals surface area contributed by atoms with Gasteiger partial charge in [-0.2, -0.15) is 0 Å². The number of carboxylic acid groups (broad SMARTS) is 1. The Morgan fingerprint density at radius 3 is 2.04 bits per heavy atom. The number of nitrogens with zero attached hydrogens (tertiary/aromatic N) is 3. The molecule has 146 valence electrons. The van der Waals surface area contributed by atoms with Crippen LogP contribution < -0.4 is 0 Å². The van der Waals surface area contributed by atoms with E-state index in [0.29, 0.717) is 0 Å². The lowest BCUT2D eigenvalue weighted by molar-refractivity contribution is -0.384. The fourth-order valence-electron chi connectivity index (χ4n) is 2.56. The van der Waals surface area contributed by atoms with E-state index in [-0.39, 0.29) is 37.3 Å². The van der Waals surface area contributed by atoms with Crippen LogP contribution >= 0.6 is 0 Å². The maximum absolute atomic E-state index is 12.6. The van der Waals surface area contributed by atoms with Gasteiger partial charge in [0.2, 0.25) is 0 Å². The Morgan fingerprint density at radius 1 is 1.04 bits per heavy atom. The zero-order valence-electron chi connectivity index (χ0n) is 15.3. The number of amides is 2. The molecule has 0 spiro atoms. The van der Waals surface area contributed by atoms with Crippen LogP contribution in [0.25, 0.3) is 0 Å². The first-order valence-electron chi connectivity index (χ1n) is 8.28. The van der Waals surface area contributed by atoms with Gasteiger partial charge in [0, 0.05) is 43.9 Å². The number of nitro groups is 1. The first-order chi connectivity index (χ1) is 12.5. The molecule has 1 N–H and O–H groups in total. The molecular formula is C17H21N3O7. The molecule has 1 aliphatic heterocycles. The molecule has 1 aromatic rings. The smallest absolute Gasteiger partial charge is 0.410 e. The minimum Gasteiger partial charge on any atom is -0.478 e. The Balaban J connectivity index is 2.11. The van der Waals surface area contributed by atoms with E-state index >= 15 is 0 Å². The van der Waals surface area contributed by atoms with E-state index in [1.54, 1.807) is 20.8 Å². The number of carboxylic acids is 1. The number of non-ortho nitro benzene ring substituents is 1. The van der Waals surface area contributed by atoms with Gasteiger partial charge in [0.1, 0.15) is 5.60 Å². The van der Waals surface area contributed by atoms with Gasteiger partial charge >= 0.3 is 12.1 Å². The fraction of sp³-hybridized carbons (Fsp3) is 0.471. The zero-order valence-corrected chi connectivity index (χ0v) is 15.3. The van der Waals surface area contributed by atoms with Crippen molar-refractivity contribution < 1.29 is 29.2 Å². The van der Waals surface area contributed by atoms with E-state index < -0.39 is 34.2 Å². The second-order valence-corrected chi connectivity index (χ2v) is 7.09. The molecule has 0 radical (unpaired) electrons. The topological polar surface area (TPSA) is 130 Å². The van der Waals surface area contributed by atoms with Crippen molar-refractivity contribution in [1.29, 1.82) is 0 Å². The fourth-order valence-corrected chi connectivity index (χ4v) is 2.56. The lowest BCUT2D eigenvalue weighted by Gasteiger charge is -2.35. The van der Waals surface area contributed by atoms with Crippen LogP contribution in [0.2, 0.25) is 0 Å². The standard InChI is InChI=1S/C17H21N3O7/c1-17(2,3)27-16(24)19-6-4-18(5-7-19)14(21)11-8-12(15(22)23)10-13(9-11)20(25)26/h8-10H,4-7H2,1-3H3,(H,22,23). The Kier molecular flexibility index (Phi) is 5.67. The Labute approximate surface area is 155 Å². The summed E-state index contributed by atoms with van der Waals surface area (Å²) >= 11 is 0. The van der Waals surface area contributed by atoms with E-state index in [2.05, 4.69) is 0 Å². The molecule has 1 heterocycles. The van der Waals surface area contributed by atoms with Gasteiger partial charge in [0.15, 0.2) is 0 Å². The van der Waals surface area contributed by atoms with Crippen LogP contribution in [0.4, 0.5) is 10.5 Å². The zero-order chi connectivity index (χ0) is 20.4. The number of benzene rings is 1. The molecule has 0 aromatic heterocycles. The van der Waals surface area contributed by atoms with Crippen molar-refractivity contribution >= 4 is 23.7 Å². The molecule has 27 heavy (non-hydrogen) atoms. The molecule has 10 heteroatoms. The van der Waals surface area contributed by atoms with Gasteiger partial charge in [0.05, 0.1) is 10.5 Å². The molecule has 1 aromatic carbocycles. The Morgan fingerprint density at radius 2 is 1.56 bits per heavy atom. The molecule has 0 aliphatic carbocycles. The van der Waals surface area contributed by atoms with E-state index in [9.17, 15) is 24.5 Å². The third kappa shape index (κ3) is 5.16. The summed E-state index contributed by atoms with van der Waals surface area (Å²) in [5, 5.41) is 20.1. The van der Waals surface area contributed by atoms with Crippen LogP contribution in [0, 0.1) is 10.1 Å². The van der Waals surface area contributed by atoms with E-state index in [1.807, 2.05) is 0 Å². The van der Waals surface area contributed by atoms with Crippen molar-refractivity contribution in [2.24, 2.45) is 0 Å². The molecule has 0 atom stereocenters. The average Bonchev–Trinajstić information content (AvgIpc) is 2.59. The minimum atomic E-state index is -1.36. The van der Waals surface area contributed by atoms with Gasteiger partial charge in [-0.15, -0.1) is 0 Å². The van der Waals surface area contributed by atoms with Crippen molar-refractivity contribution in [3.8, 4) is 0 Å². The highest BCUT2D eigenvalue weighted by molar-refractivity contribution is 5.98. The number of ether oxygens (including phenoxy) is 1. The van der Waals surface area contributed by atoms with Gasteiger partial charge in [0.25, 0.3) is 11.6 Å². The predicted molar refractivity (Wildman–Crippen MR) is 93.8 cm³/mol. The van der Waals surface area contributed by atoms with Crippen molar-refractivity contribution in [1.82, 2.24) is 9.80 Å². The number of hydrogen-bond acceptors (Lipinski definition) is 6. The van der Waals surface area contributed by atoms with Gasteiger partial charge in [-0.1, -0.05) is 0 Å². The van der Waals surface area contributed by atoms with Crippen molar-refractivity contribution in [3.63, 3.8) is 0 Å². The summed E-state index contributed by atoms with van der Waals surface area (Å²) in [5.74, 6) is -1.88. The van der Waals surface area contributed by atoms with Crippen LogP contribution in [0.3, 0.4) is 0 Å². The van der Waals surface area contributed by atoms with Gasteiger partial charge in [-0.05, 0) is 26.8 Å². The molecular weight excluding hydrogens is 358 g/mol. The molecule has 0 bridgehead atoms. The Bertz CT molecular complexity index is 745. The van der Waals surface area contributed by atoms with Crippen LogP contribution in [0.1, 0.15) is 41.5 Å². The van der Waals surface area contributed by atoms with E-state index in [1.165, 1.54) is 9.80 Å². The number of rotatable bonds is 3. The third-order valence-electron chi connectivity index (χ3n) is 3.84. The maximum atomic E-state index is 12.6. The summed E-state index contributed by atoms with van der Waals surface area (Å²) in [7, 11) is 0. The van der Waals surface area contributed by atoms with Crippen LogP contribution in [0.15, 0.2) is 18.2 Å². The lowest BCUT2D eigenvalue weighted by atomic mass is 10.1. The van der Waals surface area contributed by atoms with E-state index in [4.69, 9.17) is 9.84 Å². The molecule has 1 aliphatic rings. The van der Waals surface area contributed by atoms with Crippen molar-refractivity contribution in [3.05, 3.63) is 39.4 Å².